The summed E-state index contributed by atoms with van der Waals surface area (Å²) in [6, 6.07) is 15.9. The molecule has 0 saturated carbocycles. The maximum atomic E-state index is 12.0. The molecule has 1 amide bonds. The Hall–Kier alpha value is -1.81. The molecule has 0 spiro atoms. The minimum Gasteiger partial charge on any atom is -0.488 e. The topological polar surface area (TPSA) is 29.5 Å². The van der Waals surface area contributed by atoms with Crippen LogP contribution in [0.2, 0.25) is 0 Å². The number of carbonyl (C=O) groups is 1. The molecular weight excluding hydrogens is 342 g/mol. The van der Waals surface area contributed by atoms with Crippen molar-refractivity contribution in [3.63, 3.8) is 0 Å². The fourth-order valence-electron chi connectivity index (χ4n) is 2.36. The first-order valence-electron chi connectivity index (χ1n) is 7.45. The van der Waals surface area contributed by atoms with Crippen molar-refractivity contribution in [3.05, 3.63) is 64.1 Å². The van der Waals surface area contributed by atoms with Gasteiger partial charge in [0.2, 0.25) is 5.91 Å². The van der Waals surface area contributed by atoms with Gasteiger partial charge in [-0.15, -0.1) is 0 Å². The monoisotopic (exact) mass is 359 g/mol. The van der Waals surface area contributed by atoms with Crippen LogP contribution in [0.4, 0.5) is 0 Å². The molecule has 1 fully saturated rings. The lowest BCUT2D eigenvalue weighted by atomic mass is 10.1. The number of rotatable bonds is 5. The molecule has 1 aliphatic heterocycles. The number of likely N-dealkylation sites (tertiary alicyclic amines) is 1. The van der Waals surface area contributed by atoms with E-state index in [1.807, 2.05) is 53.4 Å². The first kappa shape index (κ1) is 15.1. The second-order valence-electron chi connectivity index (χ2n) is 5.45. The fraction of sp³-hybridized carbons (Fsp3) is 0.278. The van der Waals surface area contributed by atoms with Crippen molar-refractivity contribution in [2.24, 2.45) is 0 Å². The number of nitrogens with zero attached hydrogens (tertiary/aromatic N) is 1. The van der Waals surface area contributed by atoms with Gasteiger partial charge in [0.1, 0.15) is 12.4 Å². The van der Waals surface area contributed by atoms with E-state index in [2.05, 4.69) is 15.9 Å². The molecule has 0 aromatic heterocycles. The molecule has 114 valence electrons. The molecule has 0 atom stereocenters. The average Bonchev–Trinajstić information content (AvgIpc) is 2.45. The van der Waals surface area contributed by atoms with E-state index >= 15 is 0 Å². The van der Waals surface area contributed by atoms with Gasteiger partial charge < -0.3 is 9.64 Å². The molecular formula is C18H18BrNO2. The molecule has 0 N–H and O–H groups in total. The highest BCUT2D eigenvalue weighted by Gasteiger charge is 2.20. The van der Waals surface area contributed by atoms with Crippen molar-refractivity contribution >= 4 is 21.8 Å². The maximum absolute atomic E-state index is 12.0. The third-order valence-corrected chi connectivity index (χ3v) is 4.42. The van der Waals surface area contributed by atoms with Crippen molar-refractivity contribution in [2.75, 3.05) is 13.1 Å². The van der Waals surface area contributed by atoms with Crippen LogP contribution in [0.15, 0.2) is 53.0 Å². The van der Waals surface area contributed by atoms with E-state index in [1.165, 1.54) is 0 Å². The number of hydrogen-bond acceptors (Lipinski definition) is 2. The van der Waals surface area contributed by atoms with Gasteiger partial charge in [-0.3, -0.25) is 4.79 Å². The van der Waals surface area contributed by atoms with Crippen molar-refractivity contribution < 1.29 is 9.53 Å². The van der Waals surface area contributed by atoms with Crippen LogP contribution in [0.25, 0.3) is 0 Å². The highest BCUT2D eigenvalue weighted by molar-refractivity contribution is 9.10. The summed E-state index contributed by atoms with van der Waals surface area (Å²) in [4.78, 5) is 13.9. The summed E-state index contributed by atoms with van der Waals surface area (Å²) in [7, 11) is 0. The van der Waals surface area contributed by atoms with Gasteiger partial charge in [0.25, 0.3) is 0 Å². The summed E-state index contributed by atoms with van der Waals surface area (Å²) in [5.41, 5.74) is 2.14. The number of carbonyl (C=O) groups excluding carboxylic acids is 1. The van der Waals surface area contributed by atoms with Gasteiger partial charge in [0.05, 0.1) is 10.9 Å². The van der Waals surface area contributed by atoms with Gasteiger partial charge in [0.15, 0.2) is 0 Å². The van der Waals surface area contributed by atoms with Crippen LogP contribution in [0, 0.1) is 0 Å². The molecule has 3 nitrogen and oxygen atoms in total. The van der Waals surface area contributed by atoms with E-state index in [9.17, 15) is 4.79 Å². The second kappa shape index (κ2) is 6.97. The van der Waals surface area contributed by atoms with E-state index in [4.69, 9.17) is 4.74 Å². The lowest BCUT2D eigenvalue weighted by Gasteiger charge is -2.31. The van der Waals surface area contributed by atoms with Crippen LogP contribution in [0.1, 0.15) is 17.5 Å². The normalized spacial score (nSPS) is 13.6. The highest BCUT2D eigenvalue weighted by Crippen LogP contribution is 2.27. The predicted molar refractivity (Wildman–Crippen MR) is 89.8 cm³/mol. The molecule has 1 saturated heterocycles. The zero-order valence-corrected chi connectivity index (χ0v) is 13.9. The molecule has 2 aromatic carbocycles. The minimum atomic E-state index is 0.205. The third-order valence-electron chi connectivity index (χ3n) is 3.80. The highest BCUT2D eigenvalue weighted by atomic mass is 79.9. The zero-order valence-electron chi connectivity index (χ0n) is 12.3. The van der Waals surface area contributed by atoms with Gasteiger partial charge in [0, 0.05) is 13.1 Å². The van der Waals surface area contributed by atoms with Crippen molar-refractivity contribution in [2.45, 2.75) is 19.4 Å². The van der Waals surface area contributed by atoms with Gasteiger partial charge >= 0.3 is 0 Å². The number of halogens is 1. The van der Waals surface area contributed by atoms with E-state index in [0.29, 0.717) is 13.0 Å². The largest absolute Gasteiger partial charge is 0.488 e. The van der Waals surface area contributed by atoms with Crippen LogP contribution in [0.3, 0.4) is 0 Å². The Kier molecular flexibility index (Phi) is 4.78. The Morgan fingerprint density at radius 1 is 1.09 bits per heavy atom. The SMILES string of the molecule is O=C(Cc1ccc(OCc2ccccc2)c(Br)c1)N1CCC1. The molecule has 2 aromatic rings. The van der Waals surface area contributed by atoms with Crippen LogP contribution in [-0.2, 0) is 17.8 Å². The Balaban J connectivity index is 1.60. The molecule has 1 aliphatic rings. The fourth-order valence-corrected chi connectivity index (χ4v) is 2.90. The van der Waals surface area contributed by atoms with Crippen LogP contribution < -0.4 is 4.74 Å². The van der Waals surface area contributed by atoms with Gasteiger partial charge in [-0.1, -0.05) is 36.4 Å². The Labute approximate surface area is 139 Å². The van der Waals surface area contributed by atoms with Crippen molar-refractivity contribution in [3.8, 4) is 5.75 Å². The quantitative estimate of drug-likeness (QED) is 0.812. The first-order chi connectivity index (χ1) is 10.7. The molecule has 3 rings (SSSR count). The van der Waals surface area contributed by atoms with Gasteiger partial charge in [-0.05, 0) is 45.6 Å². The number of ether oxygens (including phenoxy) is 1. The molecule has 0 aliphatic carbocycles. The summed E-state index contributed by atoms with van der Waals surface area (Å²) in [6.45, 7) is 2.34. The van der Waals surface area contributed by atoms with Gasteiger partial charge in [-0.25, -0.2) is 0 Å². The molecule has 0 unspecified atom stereocenters. The van der Waals surface area contributed by atoms with Crippen LogP contribution in [0.5, 0.6) is 5.75 Å². The number of hydrogen-bond donors (Lipinski definition) is 0. The predicted octanol–water partition coefficient (Wildman–Crippen LogP) is 3.80. The maximum Gasteiger partial charge on any atom is 0.226 e. The lowest BCUT2D eigenvalue weighted by molar-refractivity contribution is -0.133. The van der Waals surface area contributed by atoms with Crippen molar-refractivity contribution in [1.82, 2.24) is 4.90 Å². The summed E-state index contributed by atoms with van der Waals surface area (Å²) < 4.78 is 6.71. The van der Waals surface area contributed by atoms with Crippen LogP contribution in [-0.4, -0.2) is 23.9 Å². The second-order valence-corrected chi connectivity index (χ2v) is 6.30. The average molecular weight is 360 g/mol. The summed E-state index contributed by atoms with van der Waals surface area (Å²) in [5.74, 6) is 1.00. The van der Waals surface area contributed by atoms with E-state index < -0.39 is 0 Å². The van der Waals surface area contributed by atoms with E-state index in [0.717, 1.165) is 40.9 Å². The zero-order chi connectivity index (χ0) is 15.4. The Morgan fingerprint density at radius 3 is 2.50 bits per heavy atom. The number of benzene rings is 2. The van der Waals surface area contributed by atoms with Crippen LogP contribution >= 0.6 is 15.9 Å². The molecule has 0 bridgehead atoms. The van der Waals surface area contributed by atoms with Crippen molar-refractivity contribution in [1.29, 1.82) is 0 Å². The van der Waals surface area contributed by atoms with E-state index in [-0.39, 0.29) is 5.91 Å². The number of amides is 1. The third kappa shape index (κ3) is 3.69. The molecule has 4 heteroatoms. The van der Waals surface area contributed by atoms with E-state index in [1.54, 1.807) is 0 Å². The summed E-state index contributed by atoms with van der Waals surface area (Å²) >= 11 is 3.53. The Morgan fingerprint density at radius 2 is 1.86 bits per heavy atom. The van der Waals surface area contributed by atoms with Gasteiger partial charge in [-0.2, -0.15) is 0 Å². The standard InChI is InChI=1S/C18H18BrNO2/c19-16-11-15(12-18(21)20-9-4-10-20)7-8-17(16)22-13-14-5-2-1-3-6-14/h1-3,5-8,11H,4,9-10,12-13H2. The minimum absolute atomic E-state index is 0.205. The molecule has 22 heavy (non-hydrogen) atoms. The Bertz CT molecular complexity index is 653. The first-order valence-corrected chi connectivity index (χ1v) is 8.24. The molecule has 1 heterocycles. The molecule has 0 radical (unpaired) electrons. The lowest BCUT2D eigenvalue weighted by Crippen LogP contribution is -2.42. The smallest absolute Gasteiger partial charge is 0.226 e. The summed E-state index contributed by atoms with van der Waals surface area (Å²) in [5, 5.41) is 0. The summed E-state index contributed by atoms with van der Waals surface area (Å²) in [6.07, 6.45) is 1.58.